The molecule has 0 aliphatic heterocycles. The molecule has 0 saturated heterocycles. The Balaban J connectivity index is 3.28. The lowest BCUT2D eigenvalue weighted by Gasteiger charge is -2.19. The summed E-state index contributed by atoms with van der Waals surface area (Å²) >= 11 is 0. The van der Waals surface area contributed by atoms with Crippen LogP contribution < -0.4 is 10.6 Å². The Morgan fingerprint density at radius 2 is 1.50 bits per heavy atom. The van der Waals surface area contributed by atoms with Crippen LogP contribution in [0.2, 0.25) is 0 Å². The molecule has 0 aromatic carbocycles. The normalized spacial score (nSPS) is 15.9. The van der Waals surface area contributed by atoms with Crippen molar-refractivity contribution in [3.8, 4) is 0 Å². The van der Waals surface area contributed by atoms with Crippen molar-refractivity contribution in [3.05, 3.63) is 0 Å². The van der Waals surface area contributed by atoms with Crippen LogP contribution in [0.4, 0.5) is 0 Å². The minimum absolute atomic E-state index is 0.623. The van der Waals surface area contributed by atoms with Crippen LogP contribution in [0.25, 0.3) is 0 Å². The predicted molar refractivity (Wildman–Crippen MR) is 64.7 cm³/mol. The van der Waals surface area contributed by atoms with Crippen molar-refractivity contribution in [2.45, 2.75) is 59.5 Å². The van der Waals surface area contributed by atoms with Crippen LogP contribution in [0.15, 0.2) is 0 Å². The van der Waals surface area contributed by atoms with Gasteiger partial charge in [-0.2, -0.15) is 0 Å². The molecule has 0 fully saturated rings. The minimum atomic E-state index is 0.623. The second kappa shape index (κ2) is 8.25. The summed E-state index contributed by atoms with van der Waals surface area (Å²) in [5.74, 6) is 0.725. The van der Waals surface area contributed by atoms with Crippen LogP contribution in [-0.2, 0) is 0 Å². The van der Waals surface area contributed by atoms with Gasteiger partial charge < -0.3 is 10.6 Å². The van der Waals surface area contributed by atoms with Crippen molar-refractivity contribution in [1.82, 2.24) is 10.6 Å². The molecule has 2 heteroatoms. The van der Waals surface area contributed by atoms with Crippen LogP contribution in [0.5, 0.6) is 0 Å². The molecule has 2 atom stereocenters. The summed E-state index contributed by atoms with van der Waals surface area (Å²) in [6.07, 6.45) is 2.55. The molecule has 0 aliphatic rings. The lowest BCUT2D eigenvalue weighted by molar-refractivity contribution is 0.413. The average molecular weight is 200 g/mol. The molecule has 2 nitrogen and oxygen atoms in total. The van der Waals surface area contributed by atoms with Crippen molar-refractivity contribution < 1.29 is 0 Å². The van der Waals surface area contributed by atoms with E-state index in [1.807, 2.05) is 0 Å². The number of hydrogen-bond donors (Lipinski definition) is 2. The maximum absolute atomic E-state index is 3.52. The van der Waals surface area contributed by atoms with Crippen LogP contribution in [0, 0.1) is 5.92 Å². The highest BCUT2D eigenvalue weighted by Gasteiger charge is 2.05. The second-order valence-electron chi connectivity index (χ2n) is 4.63. The highest BCUT2D eigenvalue weighted by molar-refractivity contribution is 4.66. The third kappa shape index (κ3) is 7.34. The monoisotopic (exact) mass is 200 g/mol. The lowest BCUT2D eigenvalue weighted by atomic mass is 10.1. The zero-order valence-electron chi connectivity index (χ0n) is 10.6. The first-order valence-corrected chi connectivity index (χ1v) is 6.04. The third-order valence-electron chi connectivity index (χ3n) is 2.81. The van der Waals surface area contributed by atoms with Crippen molar-refractivity contribution in [2.75, 3.05) is 13.1 Å². The van der Waals surface area contributed by atoms with E-state index in [2.05, 4.69) is 45.3 Å². The molecule has 0 bridgehead atoms. The van der Waals surface area contributed by atoms with E-state index in [1.165, 1.54) is 12.8 Å². The first-order valence-electron chi connectivity index (χ1n) is 6.04. The van der Waals surface area contributed by atoms with Gasteiger partial charge in [0.05, 0.1) is 0 Å². The maximum Gasteiger partial charge on any atom is 0.00794 e. The molecule has 0 saturated carbocycles. The van der Waals surface area contributed by atoms with Gasteiger partial charge in [-0.25, -0.2) is 0 Å². The van der Waals surface area contributed by atoms with E-state index in [4.69, 9.17) is 0 Å². The van der Waals surface area contributed by atoms with E-state index in [1.54, 1.807) is 0 Å². The molecule has 86 valence electrons. The van der Waals surface area contributed by atoms with Gasteiger partial charge >= 0.3 is 0 Å². The van der Waals surface area contributed by atoms with Gasteiger partial charge in [0.25, 0.3) is 0 Å². The lowest BCUT2D eigenvalue weighted by Crippen LogP contribution is -2.38. The Kier molecular flexibility index (Phi) is 8.20. The van der Waals surface area contributed by atoms with Crippen molar-refractivity contribution >= 4 is 0 Å². The topological polar surface area (TPSA) is 24.1 Å². The molecule has 0 rings (SSSR count). The Morgan fingerprint density at radius 1 is 0.929 bits per heavy atom. The molecular formula is C12H28N2. The number of nitrogens with one attached hydrogen (secondary N) is 2. The summed E-state index contributed by atoms with van der Waals surface area (Å²) in [4.78, 5) is 0. The Bertz CT molecular complexity index is 123. The Labute approximate surface area is 89.9 Å². The van der Waals surface area contributed by atoms with E-state index in [-0.39, 0.29) is 0 Å². The van der Waals surface area contributed by atoms with Gasteiger partial charge in [0.2, 0.25) is 0 Å². The predicted octanol–water partition coefficient (Wildman–Crippen LogP) is 2.40. The summed E-state index contributed by atoms with van der Waals surface area (Å²) in [6, 6.07) is 1.29. The van der Waals surface area contributed by atoms with Crippen molar-refractivity contribution in [2.24, 2.45) is 5.92 Å². The molecule has 2 unspecified atom stereocenters. The molecule has 0 heterocycles. The van der Waals surface area contributed by atoms with E-state index in [0.29, 0.717) is 12.1 Å². The third-order valence-corrected chi connectivity index (χ3v) is 2.81. The zero-order chi connectivity index (χ0) is 11.0. The first kappa shape index (κ1) is 13.9. The molecule has 0 spiro atoms. The Hall–Kier alpha value is -0.0800. The SMILES string of the molecule is CCCC(C)NCCNC(C)C(C)C. The smallest absolute Gasteiger partial charge is 0.00794 e. The highest BCUT2D eigenvalue weighted by atomic mass is 15.0. The van der Waals surface area contributed by atoms with E-state index in [0.717, 1.165) is 19.0 Å². The molecule has 0 aromatic heterocycles. The molecule has 0 aromatic rings. The van der Waals surface area contributed by atoms with Crippen LogP contribution in [-0.4, -0.2) is 25.2 Å². The van der Waals surface area contributed by atoms with Gasteiger partial charge in [-0.05, 0) is 26.2 Å². The molecule has 14 heavy (non-hydrogen) atoms. The molecule has 0 aliphatic carbocycles. The van der Waals surface area contributed by atoms with E-state index >= 15 is 0 Å². The summed E-state index contributed by atoms with van der Waals surface area (Å²) < 4.78 is 0. The standard InChI is InChI=1S/C12H28N2/c1-6-7-11(4)13-8-9-14-12(5)10(2)3/h10-14H,6-9H2,1-5H3. The fourth-order valence-electron chi connectivity index (χ4n) is 1.39. The minimum Gasteiger partial charge on any atom is -0.313 e. The quantitative estimate of drug-likeness (QED) is 0.588. The van der Waals surface area contributed by atoms with Gasteiger partial charge in [-0.3, -0.25) is 0 Å². The van der Waals surface area contributed by atoms with Crippen molar-refractivity contribution in [1.29, 1.82) is 0 Å². The fourth-order valence-corrected chi connectivity index (χ4v) is 1.39. The summed E-state index contributed by atoms with van der Waals surface area (Å²) in [7, 11) is 0. The van der Waals surface area contributed by atoms with E-state index < -0.39 is 0 Å². The average Bonchev–Trinajstić information content (AvgIpc) is 2.12. The summed E-state index contributed by atoms with van der Waals surface area (Å²) in [5.41, 5.74) is 0. The maximum atomic E-state index is 3.52. The molecule has 0 radical (unpaired) electrons. The van der Waals surface area contributed by atoms with Gasteiger partial charge in [-0.1, -0.05) is 27.2 Å². The van der Waals surface area contributed by atoms with Crippen molar-refractivity contribution in [3.63, 3.8) is 0 Å². The van der Waals surface area contributed by atoms with Gasteiger partial charge in [0, 0.05) is 25.2 Å². The summed E-state index contributed by atoms with van der Waals surface area (Å²) in [6.45, 7) is 13.4. The van der Waals surface area contributed by atoms with E-state index in [9.17, 15) is 0 Å². The highest BCUT2D eigenvalue weighted by Crippen LogP contribution is 1.98. The Morgan fingerprint density at radius 3 is 2.00 bits per heavy atom. The molecule has 2 N–H and O–H groups in total. The molecule has 0 amide bonds. The van der Waals surface area contributed by atoms with Crippen LogP contribution in [0.3, 0.4) is 0 Å². The number of rotatable bonds is 8. The molecular weight excluding hydrogens is 172 g/mol. The largest absolute Gasteiger partial charge is 0.313 e. The van der Waals surface area contributed by atoms with Gasteiger partial charge in [0.15, 0.2) is 0 Å². The zero-order valence-corrected chi connectivity index (χ0v) is 10.6. The first-order chi connectivity index (χ1) is 6.57. The van der Waals surface area contributed by atoms with Crippen LogP contribution >= 0.6 is 0 Å². The summed E-state index contributed by atoms with van der Waals surface area (Å²) in [5, 5.41) is 7.03. The second-order valence-corrected chi connectivity index (χ2v) is 4.63. The van der Waals surface area contributed by atoms with Gasteiger partial charge in [0.1, 0.15) is 0 Å². The van der Waals surface area contributed by atoms with Gasteiger partial charge in [-0.15, -0.1) is 0 Å². The van der Waals surface area contributed by atoms with Crippen LogP contribution in [0.1, 0.15) is 47.5 Å². The number of hydrogen-bond acceptors (Lipinski definition) is 2. The fraction of sp³-hybridized carbons (Fsp3) is 1.00.